The lowest BCUT2D eigenvalue weighted by Crippen LogP contribution is -2.44. The first-order valence-electron chi connectivity index (χ1n) is 8.10. The highest BCUT2D eigenvalue weighted by Gasteiger charge is 2.13. The van der Waals surface area contributed by atoms with Crippen LogP contribution in [-0.4, -0.2) is 38.7 Å². The molecule has 0 atom stereocenters. The molecule has 0 saturated carbocycles. The summed E-state index contributed by atoms with van der Waals surface area (Å²) in [6, 6.07) is 14.1. The molecule has 0 aliphatic heterocycles. The Kier molecular flexibility index (Phi) is 7.45. The fourth-order valence-electron chi connectivity index (χ4n) is 2.11. The van der Waals surface area contributed by atoms with E-state index in [2.05, 4.69) is 10.9 Å². The number of hydrazine groups is 1. The molecule has 7 heteroatoms. The van der Waals surface area contributed by atoms with Crippen molar-refractivity contribution in [3.05, 3.63) is 59.7 Å². The van der Waals surface area contributed by atoms with Gasteiger partial charge in [0.05, 0.1) is 12.2 Å². The number of nitrogens with one attached hydrogen (secondary N) is 2. The van der Waals surface area contributed by atoms with E-state index in [4.69, 9.17) is 14.2 Å². The van der Waals surface area contributed by atoms with Crippen LogP contribution in [0.1, 0.15) is 15.9 Å². The molecule has 0 unspecified atom stereocenters. The Labute approximate surface area is 152 Å². The minimum atomic E-state index is -0.484. The third kappa shape index (κ3) is 5.78. The van der Waals surface area contributed by atoms with Gasteiger partial charge in [0, 0.05) is 7.11 Å². The Balaban J connectivity index is 1.84. The van der Waals surface area contributed by atoms with E-state index in [1.807, 2.05) is 25.1 Å². The van der Waals surface area contributed by atoms with E-state index in [9.17, 15) is 9.59 Å². The maximum atomic E-state index is 12.3. The van der Waals surface area contributed by atoms with E-state index in [0.717, 1.165) is 5.56 Å². The van der Waals surface area contributed by atoms with E-state index < -0.39 is 11.8 Å². The SMILES string of the molecule is COCCOc1ccccc1C(=O)NNC(=O)COc1ccccc1C. The molecule has 0 saturated heterocycles. The first-order chi connectivity index (χ1) is 12.6. The molecule has 138 valence electrons. The van der Waals surface area contributed by atoms with Crippen LogP contribution in [0.4, 0.5) is 0 Å². The van der Waals surface area contributed by atoms with Crippen LogP contribution in [0.5, 0.6) is 11.5 Å². The molecule has 2 amide bonds. The molecule has 0 aromatic heterocycles. The molecule has 7 nitrogen and oxygen atoms in total. The fourth-order valence-corrected chi connectivity index (χ4v) is 2.11. The Morgan fingerprint density at radius 3 is 2.31 bits per heavy atom. The van der Waals surface area contributed by atoms with Crippen LogP contribution in [0.3, 0.4) is 0 Å². The van der Waals surface area contributed by atoms with Crippen molar-refractivity contribution < 1.29 is 23.8 Å². The summed E-state index contributed by atoms with van der Waals surface area (Å²) in [6.07, 6.45) is 0. The topological polar surface area (TPSA) is 85.9 Å². The average Bonchev–Trinajstić information content (AvgIpc) is 2.66. The van der Waals surface area contributed by atoms with E-state index in [1.165, 1.54) is 0 Å². The van der Waals surface area contributed by atoms with Crippen LogP contribution in [0.2, 0.25) is 0 Å². The number of carbonyl (C=O) groups is 2. The zero-order valence-electron chi connectivity index (χ0n) is 14.8. The third-order valence-electron chi connectivity index (χ3n) is 3.44. The van der Waals surface area contributed by atoms with Crippen molar-refractivity contribution >= 4 is 11.8 Å². The van der Waals surface area contributed by atoms with Crippen LogP contribution in [0, 0.1) is 6.92 Å². The number of benzene rings is 2. The summed E-state index contributed by atoms with van der Waals surface area (Å²) >= 11 is 0. The minimum absolute atomic E-state index is 0.211. The van der Waals surface area contributed by atoms with Crippen molar-refractivity contribution in [2.45, 2.75) is 6.92 Å². The molecular weight excluding hydrogens is 336 g/mol. The van der Waals surface area contributed by atoms with Gasteiger partial charge in [0.1, 0.15) is 18.1 Å². The van der Waals surface area contributed by atoms with Gasteiger partial charge in [0.15, 0.2) is 6.61 Å². The largest absolute Gasteiger partial charge is 0.490 e. The van der Waals surface area contributed by atoms with Crippen LogP contribution in [0.15, 0.2) is 48.5 Å². The molecular formula is C19H22N2O5. The highest BCUT2D eigenvalue weighted by atomic mass is 16.5. The number of hydrogen-bond donors (Lipinski definition) is 2. The molecule has 2 aromatic carbocycles. The lowest BCUT2D eigenvalue weighted by molar-refractivity contribution is -0.123. The van der Waals surface area contributed by atoms with Crippen LogP contribution < -0.4 is 20.3 Å². The maximum Gasteiger partial charge on any atom is 0.276 e. The number of aryl methyl sites for hydroxylation is 1. The quantitative estimate of drug-likeness (QED) is 0.556. The van der Waals surface area contributed by atoms with Crippen LogP contribution >= 0.6 is 0 Å². The number of para-hydroxylation sites is 2. The number of hydrogen-bond acceptors (Lipinski definition) is 5. The van der Waals surface area contributed by atoms with Crippen molar-refractivity contribution in [3.8, 4) is 11.5 Å². The van der Waals surface area contributed by atoms with Gasteiger partial charge >= 0.3 is 0 Å². The lowest BCUT2D eigenvalue weighted by Gasteiger charge is -2.12. The second-order valence-corrected chi connectivity index (χ2v) is 5.39. The van der Waals surface area contributed by atoms with E-state index in [-0.39, 0.29) is 6.61 Å². The summed E-state index contributed by atoms with van der Waals surface area (Å²) in [7, 11) is 1.57. The monoisotopic (exact) mass is 358 g/mol. The summed E-state index contributed by atoms with van der Waals surface area (Å²) < 4.78 is 15.8. The minimum Gasteiger partial charge on any atom is -0.490 e. The molecule has 0 bridgehead atoms. The van der Waals surface area contributed by atoms with Crippen molar-refractivity contribution in [3.63, 3.8) is 0 Å². The van der Waals surface area contributed by atoms with Gasteiger partial charge in [-0.3, -0.25) is 20.4 Å². The summed E-state index contributed by atoms with van der Waals surface area (Å²) in [5, 5.41) is 0. The van der Waals surface area contributed by atoms with Gasteiger partial charge in [-0.05, 0) is 30.7 Å². The Morgan fingerprint density at radius 1 is 0.885 bits per heavy atom. The van der Waals surface area contributed by atoms with Crippen LogP contribution in [-0.2, 0) is 9.53 Å². The van der Waals surface area contributed by atoms with Crippen molar-refractivity contribution in [2.24, 2.45) is 0 Å². The summed E-state index contributed by atoms with van der Waals surface area (Å²) in [6.45, 7) is 2.40. The molecule has 26 heavy (non-hydrogen) atoms. The van der Waals surface area contributed by atoms with Gasteiger partial charge in [-0.25, -0.2) is 0 Å². The van der Waals surface area contributed by atoms with Gasteiger partial charge in [0.25, 0.3) is 11.8 Å². The van der Waals surface area contributed by atoms with E-state index in [0.29, 0.717) is 30.3 Å². The molecule has 2 rings (SSSR count). The normalized spacial score (nSPS) is 10.1. The zero-order chi connectivity index (χ0) is 18.8. The van der Waals surface area contributed by atoms with Gasteiger partial charge in [-0.1, -0.05) is 30.3 Å². The van der Waals surface area contributed by atoms with Crippen molar-refractivity contribution in [1.82, 2.24) is 10.9 Å². The van der Waals surface area contributed by atoms with Gasteiger partial charge in [-0.15, -0.1) is 0 Å². The van der Waals surface area contributed by atoms with Crippen molar-refractivity contribution in [1.29, 1.82) is 0 Å². The second-order valence-electron chi connectivity index (χ2n) is 5.39. The molecule has 0 aliphatic rings. The molecule has 0 radical (unpaired) electrons. The number of methoxy groups -OCH3 is 1. The average molecular weight is 358 g/mol. The highest BCUT2D eigenvalue weighted by Crippen LogP contribution is 2.17. The molecule has 0 spiro atoms. The summed E-state index contributed by atoms with van der Waals surface area (Å²) in [4.78, 5) is 24.1. The Morgan fingerprint density at radius 2 is 1.58 bits per heavy atom. The number of rotatable bonds is 8. The van der Waals surface area contributed by atoms with E-state index in [1.54, 1.807) is 37.4 Å². The third-order valence-corrected chi connectivity index (χ3v) is 3.44. The van der Waals surface area contributed by atoms with Crippen molar-refractivity contribution in [2.75, 3.05) is 26.9 Å². The number of amides is 2. The fraction of sp³-hybridized carbons (Fsp3) is 0.263. The maximum absolute atomic E-state index is 12.3. The Hall–Kier alpha value is -3.06. The molecule has 0 aliphatic carbocycles. The molecule has 0 fully saturated rings. The lowest BCUT2D eigenvalue weighted by atomic mass is 10.2. The molecule has 0 heterocycles. The van der Waals surface area contributed by atoms with Gasteiger partial charge in [-0.2, -0.15) is 0 Å². The summed E-state index contributed by atoms with van der Waals surface area (Å²) in [5.41, 5.74) is 5.90. The van der Waals surface area contributed by atoms with Gasteiger partial charge in [0.2, 0.25) is 0 Å². The first-order valence-corrected chi connectivity index (χ1v) is 8.10. The molecule has 2 aromatic rings. The number of ether oxygens (including phenoxy) is 3. The summed E-state index contributed by atoms with van der Waals surface area (Å²) in [5.74, 6) is 0.0694. The van der Waals surface area contributed by atoms with Crippen LogP contribution in [0.25, 0.3) is 0 Å². The highest BCUT2D eigenvalue weighted by molar-refractivity contribution is 5.97. The predicted molar refractivity (Wildman–Crippen MR) is 96.1 cm³/mol. The second kappa shape index (κ2) is 10.0. The Bertz CT molecular complexity index is 748. The molecule has 2 N–H and O–H groups in total. The standard InChI is InChI=1S/C19H22N2O5/c1-14-7-3-5-9-16(14)26-13-18(22)20-21-19(23)15-8-4-6-10-17(15)25-12-11-24-2/h3-10H,11-13H2,1-2H3,(H,20,22)(H,21,23). The van der Waals surface area contributed by atoms with Gasteiger partial charge < -0.3 is 14.2 Å². The number of carbonyl (C=O) groups excluding carboxylic acids is 2. The van der Waals surface area contributed by atoms with E-state index >= 15 is 0 Å². The first kappa shape index (κ1) is 19.3. The predicted octanol–water partition coefficient (Wildman–Crippen LogP) is 1.86. The zero-order valence-corrected chi connectivity index (χ0v) is 14.8. The smallest absolute Gasteiger partial charge is 0.276 e.